The Morgan fingerprint density at radius 1 is 1.08 bits per heavy atom. The molecule has 1 amide bonds. The number of hydrogen-bond donors (Lipinski definition) is 1. The number of hydrogen-bond acceptors (Lipinski definition) is 4. The fraction of sp³-hybridized carbons (Fsp3) is 0.286. The Balaban J connectivity index is 2.05. The van der Waals surface area contributed by atoms with Gasteiger partial charge in [0.25, 0.3) is 0 Å². The second-order valence-electron chi connectivity index (χ2n) is 5.65. The van der Waals surface area contributed by atoms with Crippen LogP contribution in [-0.2, 0) is 4.79 Å². The molecule has 5 heteroatoms. The van der Waals surface area contributed by atoms with Gasteiger partial charge in [0.05, 0.1) is 26.9 Å². The number of ether oxygens (including phenoxy) is 3. The summed E-state index contributed by atoms with van der Waals surface area (Å²) < 4.78 is 16.2. The van der Waals surface area contributed by atoms with Gasteiger partial charge in [-0.1, -0.05) is 24.3 Å². The largest absolute Gasteiger partial charge is 0.496 e. The first-order chi connectivity index (χ1) is 12.6. The molecule has 0 heterocycles. The zero-order chi connectivity index (χ0) is 18.9. The molecule has 0 saturated heterocycles. The van der Waals surface area contributed by atoms with Crippen LogP contribution in [0.4, 0.5) is 0 Å². The Morgan fingerprint density at radius 2 is 1.81 bits per heavy atom. The summed E-state index contributed by atoms with van der Waals surface area (Å²) in [7, 11) is 3.21. The SMILES string of the molecule is CCOc1ccc(/C=C/C(=O)NC(C)c2ccccc2OC)cc1OC. The van der Waals surface area contributed by atoms with Gasteiger partial charge < -0.3 is 19.5 Å². The van der Waals surface area contributed by atoms with Crippen LogP contribution in [0.15, 0.2) is 48.5 Å². The molecular formula is C21H25NO4. The van der Waals surface area contributed by atoms with E-state index in [1.165, 1.54) is 6.08 Å². The number of methoxy groups -OCH3 is 2. The predicted octanol–water partition coefficient (Wildman–Crippen LogP) is 3.99. The van der Waals surface area contributed by atoms with Crippen molar-refractivity contribution < 1.29 is 19.0 Å². The van der Waals surface area contributed by atoms with E-state index < -0.39 is 0 Å². The standard InChI is InChI=1S/C21H25NO4/c1-5-26-19-12-10-16(14-20(19)25-4)11-13-21(23)22-15(2)17-8-6-7-9-18(17)24-3/h6-15H,5H2,1-4H3,(H,22,23)/b13-11+. The summed E-state index contributed by atoms with van der Waals surface area (Å²) >= 11 is 0. The molecule has 1 unspecified atom stereocenters. The average Bonchev–Trinajstić information content (AvgIpc) is 2.67. The Morgan fingerprint density at radius 3 is 2.50 bits per heavy atom. The maximum atomic E-state index is 12.2. The molecule has 2 aromatic carbocycles. The second-order valence-corrected chi connectivity index (χ2v) is 5.65. The van der Waals surface area contributed by atoms with Crippen LogP contribution >= 0.6 is 0 Å². The highest BCUT2D eigenvalue weighted by Gasteiger charge is 2.12. The van der Waals surface area contributed by atoms with E-state index in [1.807, 2.05) is 56.3 Å². The van der Waals surface area contributed by atoms with Crippen LogP contribution in [0.25, 0.3) is 6.08 Å². The highest BCUT2D eigenvalue weighted by molar-refractivity contribution is 5.92. The van der Waals surface area contributed by atoms with Crippen LogP contribution < -0.4 is 19.5 Å². The molecule has 0 aliphatic carbocycles. The van der Waals surface area contributed by atoms with Gasteiger partial charge in [-0.25, -0.2) is 0 Å². The van der Waals surface area contributed by atoms with Crippen molar-refractivity contribution in [1.82, 2.24) is 5.32 Å². The summed E-state index contributed by atoms with van der Waals surface area (Å²) in [5.74, 6) is 1.88. The van der Waals surface area contributed by atoms with Crippen LogP contribution in [0.5, 0.6) is 17.2 Å². The molecule has 138 valence electrons. The summed E-state index contributed by atoms with van der Waals surface area (Å²) in [6, 6.07) is 13.0. The fourth-order valence-corrected chi connectivity index (χ4v) is 2.60. The predicted molar refractivity (Wildman–Crippen MR) is 103 cm³/mol. The van der Waals surface area contributed by atoms with Crippen molar-refractivity contribution in [2.75, 3.05) is 20.8 Å². The molecule has 0 aliphatic heterocycles. The molecular weight excluding hydrogens is 330 g/mol. The molecule has 2 rings (SSSR count). The van der Waals surface area contributed by atoms with E-state index in [-0.39, 0.29) is 11.9 Å². The van der Waals surface area contributed by atoms with Crippen molar-refractivity contribution in [2.24, 2.45) is 0 Å². The van der Waals surface area contributed by atoms with Gasteiger partial charge >= 0.3 is 0 Å². The molecule has 0 spiro atoms. The zero-order valence-corrected chi connectivity index (χ0v) is 15.6. The fourth-order valence-electron chi connectivity index (χ4n) is 2.60. The zero-order valence-electron chi connectivity index (χ0n) is 15.6. The number of nitrogens with one attached hydrogen (secondary N) is 1. The number of amides is 1. The quantitative estimate of drug-likeness (QED) is 0.728. The molecule has 0 aromatic heterocycles. The third kappa shape index (κ3) is 5.02. The van der Waals surface area contributed by atoms with Gasteiger partial charge in [0.1, 0.15) is 5.75 Å². The normalized spacial score (nSPS) is 11.8. The second kappa shape index (κ2) is 9.51. The lowest BCUT2D eigenvalue weighted by molar-refractivity contribution is -0.117. The van der Waals surface area contributed by atoms with Gasteiger partial charge in [0.15, 0.2) is 11.5 Å². The lowest BCUT2D eigenvalue weighted by atomic mass is 10.1. The van der Waals surface area contributed by atoms with Crippen molar-refractivity contribution in [2.45, 2.75) is 19.9 Å². The monoisotopic (exact) mass is 355 g/mol. The van der Waals surface area contributed by atoms with Crippen LogP contribution in [-0.4, -0.2) is 26.7 Å². The first-order valence-electron chi connectivity index (χ1n) is 8.51. The summed E-state index contributed by atoms with van der Waals surface area (Å²) in [4.78, 5) is 12.2. The molecule has 0 aliphatic rings. The molecule has 1 atom stereocenters. The van der Waals surface area contributed by atoms with Gasteiger partial charge in [-0.05, 0) is 43.7 Å². The van der Waals surface area contributed by atoms with Crippen molar-refractivity contribution >= 4 is 12.0 Å². The summed E-state index contributed by atoms with van der Waals surface area (Å²) in [5.41, 5.74) is 1.78. The Kier molecular flexibility index (Phi) is 7.09. The molecule has 0 radical (unpaired) electrons. The molecule has 0 bridgehead atoms. The molecule has 26 heavy (non-hydrogen) atoms. The van der Waals surface area contributed by atoms with E-state index in [0.717, 1.165) is 16.9 Å². The van der Waals surface area contributed by atoms with Crippen LogP contribution in [0.3, 0.4) is 0 Å². The van der Waals surface area contributed by atoms with E-state index >= 15 is 0 Å². The molecule has 5 nitrogen and oxygen atoms in total. The van der Waals surface area contributed by atoms with Crippen LogP contribution in [0.1, 0.15) is 31.0 Å². The lowest BCUT2D eigenvalue weighted by Gasteiger charge is -2.16. The molecule has 1 N–H and O–H groups in total. The van der Waals surface area contributed by atoms with Crippen LogP contribution in [0, 0.1) is 0 Å². The number of carbonyl (C=O) groups is 1. The van der Waals surface area contributed by atoms with E-state index in [1.54, 1.807) is 20.3 Å². The smallest absolute Gasteiger partial charge is 0.244 e. The number of benzene rings is 2. The Hall–Kier alpha value is -2.95. The lowest BCUT2D eigenvalue weighted by Crippen LogP contribution is -2.24. The summed E-state index contributed by atoms with van der Waals surface area (Å²) in [6.07, 6.45) is 3.24. The minimum atomic E-state index is -0.184. The summed E-state index contributed by atoms with van der Waals surface area (Å²) in [6.45, 7) is 4.40. The third-order valence-electron chi connectivity index (χ3n) is 3.88. The molecule has 0 saturated carbocycles. The summed E-state index contributed by atoms with van der Waals surface area (Å²) in [5, 5.41) is 2.94. The van der Waals surface area contributed by atoms with Crippen molar-refractivity contribution in [3.8, 4) is 17.2 Å². The van der Waals surface area contributed by atoms with Gasteiger partial charge in [0.2, 0.25) is 5.91 Å². The Bertz CT molecular complexity index is 770. The average molecular weight is 355 g/mol. The van der Waals surface area contributed by atoms with Gasteiger partial charge in [-0.3, -0.25) is 4.79 Å². The van der Waals surface area contributed by atoms with E-state index in [2.05, 4.69) is 5.32 Å². The maximum absolute atomic E-state index is 12.2. The molecule has 2 aromatic rings. The number of carbonyl (C=O) groups excluding carboxylic acids is 1. The molecule has 0 fully saturated rings. The van der Waals surface area contributed by atoms with E-state index in [9.17, 15) is 4.79 Å². The third-order valence-corrected chi connectivity index (χ3v) is 3.88. The first kappa shape index (κ1) is 19.4. The number of rotatable bonds is 8. The van der Waals surface area contributed by atoms with E-state index in [0.29, 0.717) is 18.1 Å². The Labute approximate surface area is 154 Å². The topological polar surface area (TPSA) is 56.8 Å². The van der Waals surface area contributed by atoms with Gasteiger partial charge in [0, 0.05) is 11.6 Å². The van der Waals surface area contributed by atoms with Crippen LogP contribution in [0.2, 0.25) is 0 Å². The van der Waals surface area contributed by atoms with Crippen molar-refractivity contribution in [3.63, 3.8) is 0 Å². The van der Waals surface area contributed by atoms with E-state index in [4.69, 9.17) is 14.2 Å². The van der Waals surface area contributed by atoms with Crippen molar-refractivity contribution in [3.05, 3.63) is 59.7 Å². The maximum Gasteiger partial charge on any atom is 0.244 e. The van der Waals surface area contributed by atoms with Gasteiger partial charge in [-0.2, -0.15) is 0 Å². The highest BCUT2D eigenvalue weighted by atomic mass is 16.5. The highest BCUT2D eigenvalue weighted by Crippen LogP contribution is 2.28. The van der Waals surface area contributed by atoms with Gasteiger partial charge in [-0.15, -0.1) is 0 Å². The first-order valence-corrected chi connectivity index (χ1v) is 8.51. The minimum Gasteiger partial charge on any atom is -0.496 e. The van der Waals surface area contributed by atoms with Crippen molar-refractivity contribution in [1.29, 1.82) is 0 Å². The number of para-hydroxylation sites is 1. The minimum absolute atomic E-state index is 0.168.